The highest BCUT2D eigenvalue weighted by Crippen LogP contribution is 2.39. The smallest absolute Gasteiger partial charge is 0.276 e. The number of benzene rings is 1. The Hall–Kier alpha value is -2.50. The minimum absolute atomic E-state index is 0.0157. The molecule has 0 spiro atoms. The topological polar surface area (TPSA) is 56.6 Å². The van der Waals surface area contributed by atoms with Gasteiger partial charge in [0.1, 0.15) is 23.0 Å². The average molecular weight is 355 g/mol. The van der Waals surface area contributed by atoms with Crippen LogP contribution in [-0.2, 0) is 19.4 Å². The number of amides is 1. The molecule has 0 saturated carbocycles. The second-order valence-corrected chi connectivity index (χ2v) is 6.91. The van der Waals surface area contributed by atoms with E-state index in [0.29, 0.717) is 18.0 Å². The fourth-order valence-electron chi connectivity index (χ4n) is 4.05. The third-order valence-corrected chi connectivity index (χ3v) is 5.40. The van der Waals surface area contributed by atoms with Crippen LogP contribution in [0.1, 0.15) is 47.6 Å². The summed E-state index contributed by atoms with van der Waals surface area (Å²) in [5, 5.41) is 0. The predicted octanol–water partition coefficient (Wildman–Crippen LogP) is 3.22. The fourth-order valence-corrected chi connectivity index (χ4v) is 4.05. The van der Waals surface area contributed by atoms with Crippen LogP contribution in [0.2, 0.25) is 0 Å². The number of hydrogen-bond donors (Lipinski definition) is 0. The molecule has 0 N–H and O–H groups in total. The maximum Gasteiger partial charge on any atom is 0.276 e. The van der Waals surface area contributed by atoms with E-state index in [2.05, 4.69) is 9.55 Å². The van der Waals surface area contributed by atoms with Crippen molar-refractivity contribution in [2.75, 3.05) is 25.7 Å². The average Bonchev–Trinajstić information content (AvgIpc) is 2.94. The Morgan fingerprint density at radius 1 is 1.04 bits per heavy atom. The normalized spacial score (nSPS) is 16.5. The largest absolute Gasteiger partial charge is 0.497 e. The third kappa shape index (κ3) is 2.83. The number of carbonyl (C=O) groups is 1. The minimum Gasteiger partial charge on any atom is -0.497 e. The molecule has 1 aromatic heterocycles. The van der Waals surface area contributed by atoms with Gasteiger partial charge in [0, 0.05) is 37.2 Å². The quantitative estimate of drug-likeness (QED) is 0.848. The Labute approximate surface area is 153 Å². The molecule has 2 aliphatic heterocycles. The molecule has 1 amide bonds. The van der Waals surface area contributed by atoms with Crippen LogP contribution in [-0.4, -0.2) is 36.2 Å². The second-order valence-electron chi connectivity index (χ2n) is 6.91. The van der Waals surface area contributed by atoms with Crippen LogP contribution in [0, 0.1) is 0 Å². The van der Waals surface area contributed by atoms with E-state index in [9.17, 15) is 4.79 Å². The summed E-state index contributed by atoms with van der Waals surface area (Å²) in [6.45, 7) is 1.57. The van der Waals surface area contributed by atoms with Gasteiger partial charge in [-0.05, 0) is 25.7 Å². The van der Waals surface area contributed by atoms with Gasteiger partial charge in [0.25, 0.3) is 5.91 Å². The van der Waals surface area contributed by atoms with Gasteiger partial charge in [-0.15, -0.1) is 0 Å². The molecule has 6 nitrogen and oxygen atoms in total. The first-order valence-corrected chi connectivity index (χ1v) is 9.34. The van der Waals surface area contributed by atoms with Crippen LogP contribution in [0.3, 0.4) is 0 Å². The van der Waals surface area contributed by atoms with Crippen molar-refractivity contribution >= 4 is 11.6 Å². The Morgan fingerprint density at radius 2 is 1.92 bits per heavy atom. The SMILES string of the molecule is COc1cc(OC)c2c(c1)N(C(=O)c1cnc3n1CCCCC3)CCC2. The number of anilines is 1. The molecule has 0 aliphatic carbocycles. The summed E-state index contributed by atoms with van der Waals surface area (Å²) in [5.74, 6) is 2.53. The number of hydrogen-bond acceptors (Lipinski definition) is 4. The summed E-state index contributed by atoms with van der Waals surface area (Å²) in [6, 6.07) is 3.83. The molecule has 0 saturated heterocycles. The standard InChI is InChI=1S/C20H25N3O3/c1-25-14-11-16-15(18(12-14)26-2)7-6-10-23(16)20(24)17-13-21-19-8-4-3-5-9-22(17)19/h11-13H,3-10H2,1-2H3. The van der Waals surface area contributed by atoms with Gasteiger partial charge in [-0.1, -0.05) is 6.42 Å². The highest BCUT2D eigenvalue weighted by atomic mass is 16.5. The van der Waals surface area contributed by atoms with Crippen LogP contribution in [0.15, 0.2) is 18.3 Å². The molecule has 3 heterocycles. The van der Waals surface area contributed by atoms with Crippen LogP contribution < -0.4 is 14.4 Å². The van der Waals surface area contributed by atoms with E-state index in [1.807, 2.05) is 17.0 Å². The van der Waals surface area contributed by atoms with Crippen molar-refractivity contribution in [2.45, 2.75) is 45.1 Å². The zero-order valence-corrected chi connectivity index (χ0v) is 15.5. The molecule has 0 unspecified atom stereocenters. The number of nitrogens with zero attached hydrogens (tertiary/aromatic N) is 3. The van der Waals surface area contributed by atoms with Gasteiger partial charge in [0.2, 0.25) is 0 Å². The number of fused-ring (bicyclic) bond motifs is 2. The number of aromatic nitrogens is 2. The summed E-state index contributed by atoms with van der Waals surface area (Å²) in [6.07, 6.45) is 7.95. The molecule has 2 aromatic rings. The summed E-state index contributed by atoms with van der Waals surface area (Å²) < 4.78 is 13.1. The molecular formula is C20H25N3O3. The van der Waals surface area contributed by atoms with Crippen LogP contribution in [0.5, 0.6) is 11.5 Å². The fraction of sp³-hybridized carbons (Fsp3) is 0.500. The van der Waals surface area contributed by atoms with Gasteiger partial charge in [0.05, 0.1) is 26.1 Å². The van der Waals surface area contributed by atoms with Crippen LogP contribution in [0.25, 0.3) is 0 Å². The number of imidazole rings is 1. The Bertz CT molecular complexity index is 828. The third-order valence-electron chi connectivity index (χ3n) is 5.40. The van der Waals surface area contributed by atoms with E-state index in [0.717, 1.165) is 61.5 Å². The van der Waals surface area contributed by atoms with Crippen LogP contribution in [0.4, 0.5) is 5.69 Å². The monoisotopic (exact) mass is 355 g/mol. The molecule has 6 heteroatoms. The molecule has 0 radical (unpaired) electrons. The minimum atomic E-state index is 0.0157. The van der Waals surface area contributed by atoms with Crippen molar-refractivity contribution in [3.05, 3.63) is 35.4 Å². The van der Waals surface area contributed by atoms with E-state index in [1.54, 1.807) is 20.4 Å². The van der Waals surface area contributed by atoms with E-state index in [1.165, 1.54) is 6.42 Å². The summed E-state index contributed by atoms with van der Waals surface area (Å²) in [5.41, 5.74) is 2.65. The van der Waals surface area contributed by atoms with Crippen molar-refractivity contribution in [2.24, 2.45) is 0 Å². The summed E-state index contributed by atoms with van der Waals surface area (Å²) >= 11 is 0. The molecular weight excluding hydrogens is 330 g/mol. The lowest BCUT2D eigenvalue weighted by molar-refractivity contribution is 0.0975. The van der Waals surface area contributed by atoms with Gasteiger partial charge >= 0.3 is 0 Å². The van der Waals surface area contributed by atoms with Gasteiger partial charge < -0.3 is 18.9 Å². The molecule has 1 aromatic carbocycles. The Kier molecular flexibility index (Phi) is 4.57. The summed E-state index contributed by atoms with van der Waals surface area (Å²) in [4.78, 5) is 19.8. The maximum absolute atomic E-state index is 13.4. The molecule has 0 atom stereocenters. The van der Waals surface area contributed by atoms with E-state index in [-0.39, 0.29) is 5.91 Å². The van der Waals surface area contributed by atoms with E-state index in [4.69, 9.17) is 9.47 Å². The first-order chi connectivity index (χ1) is 12.7. The molecule has 0 bridgehead atoms. The van der Waals surface area contributed by atoms with Crippen LogP contribution >= 0.6 is 0 Å². The highest BCUT2D eigenvalue weighted by Gasteiger charge is 2.29. The number of rotatable bonds is 3. The van der Waals surface area contributed by atoms with Gasteiger partial charge in [-0.2, -0.15) is 0 Å². The van der Waals surface area contributed by atoms with Gasteiger partial charge in [0.15, 0.2) is 0 Å². The molecule has 138 valence electrons. The number of carbonyl (C=O) groups excluding carboxylic acids is 1. The summed E-state index contributed by atoms with van der Waals surface area (Å²) in [7, 11) is 3.29. The Morgan fingerprint density at radius 3 is 2.73 bits per heavy atom. The highest BCUT2D eigenvalue weighted by molar-refractivity contribution is 6.06. The van der Waals surface area contributed by atoms with Crippen molar-refractivity contribution < 1.29 is 14.3 Å². The van der Waals surface area contributed by atoms with E-state index >= 15 is 0 Å². The molecule has 4 rings (SSSR count). The zero-order valence-electron chi connectivity index (χ0n) is 15.5. The maximum atomic E-state index is 13.4. The first-order valence-electron chi connectivity index (χ1n) is 9.34. The first kappa shape index (κ1) is 16.9. The predicted molar refractivity (Wildman–Crippen MR) is 99.3 cm³/mol. The molecule has 26 heavy (non-hydrogen) atoms. The zero-order chi connectivity index (χ0) is 18.1. The molecule has 2 aliphatic rings. The lowest BCUT2D eigenvalue weighted by Crippen LogP contribution is -2.37. The van der Waals surface area contributed by atoms with Crippen molar-refractivity contribution in [3.8, 4) is 11.5 Å². The number of methoxy groups -OCH3 is 2. The second kappa shape index (κ2) is 7.02. The van der Waals surface area contributed by atoms with Crippen molar-refractivity contribution in [3.63, 3.8) is 0 Å². The van der Waals surface area contributed by atoms with E-state index < -0.39 is 0 Å². The van der Waals surface area contributed by atoms with Gasteiger partial charge in [-0.3, -0.25) is 4.79 Å². The van der Waals surface area contributed by atoms with Gasteiger partial charge in [-0.25, -0.2) is 4.98 Å². The number of ether oxygens (including phenoxy) is 2. The lowest BCUT2D eigenvalue weighted by atomic mass is 9.99. The number of aryl methyl sites for hydroxylation is 1. The van der Waals surface area contributed by atoms with Crippen molar-refractivity contribution in [1.82, 2.24) is 9.55 Å². The van der Waals surface area contributed by atoms with Crippen molar-refractivity contribution in [1.29, 1.82) is 0 Å². The molecule has 0 fully saturated rings. The Balaban J connectivity index is 1.74. The lowest BCUT2D eigenvalue weighted by Gasteiger charge is -2.31.